The summed E-state index contributed by atoms with van der Waals surface area (Å²) < 4.78 is 5.47. The molecule has 0 radical (unpaired) electrons. The lowest BCUT2D eigenvalue weighted by Gasteiger charge is -2.09. The van der Waals surface area contributed by atoms with Crippen molar-refractivity contribution in [2.45, 2.75) is 20.3 Å². The van der Waals surface area contributed by atoms with E-state index in [1.165, 1.54) is 0 Å². The molecule has 1 aromatic heterocycles. The van der Waals surface area contributed by atoms with Crippen molar-refractivity contribution < 1.29 is 4.74 Å². The predicted octanol–water partition coefficient (Wildman–Crippen LogP) is 2.43. The highest BCUT2D eigenvalue weighted by Gasteiger charge is 2.00. The first-order chi connectivity index (χ1) is 8.24. The van der Waals surface area contributed by atoms with Crippen molar-refractivity contribution in [2.75, 3.05) is 25.1 Å². The van der Waals surface area contributed by atoms with E-state index in [-0.39, 0.29) is 0 Å². The Labute approximate surface area is 103 Å². The second-order valence-electron chi connectivity index (χ2n) is 4.25. The van der Waals surface area contributed by atoms with E-state index in [1.54, 1.807) is 18.5 Å². The van der Waals surface area contributed by atoms with Crippen LogP contribution in [0.4, 0.5) is 5.69 Å². The molecule has 1 N–H and O–H groups in total. The van der Waals surface area contributed by atoms with E-state index in [0.717, 1.165) is 18.7 Å². The van der Waals surface area contributed by atoms with Gasteiger partial charge in [-0.15, -0.1) is 0 Å². The van der Waals surface area contributed by atoms with Gasteiger partial charge in [-0.2, -0.15) is 5.26 Å². The molecule has 0 aromatic carbocycles. The average molecular weight is 233 g/mol. The fourth-order valence-corrected chi connectivity index (χ4v) is 1.31. The Balaban J connectivity index is 2.20. The summed E-state index contributed by atoms with van der Waals surface area (Å²) in [6.07, 6.45) is 4.35. The minimum absolute atomic E-state index is 0.613. The van der Waals surface area contributed by atoms with Crippen LogP contribution in [0.2, 0.25) is 0 Å². The molecular weight excluding hydrogens is 214 g/mol. The third kappa shape index (κ3) is 5.32. The number of rotatable bonds is 7. The molecule has 1 aromatic rings. The van der Waals surface area contributed by atoms with Crippen molar-refractivity contribution in [3.63, 3.8) is 0 Å². The molecule has 0 aliphatic rings. The first kappa shape index (κ1) is 13.5. The van der Waals surface area contributed by atoms with Gasteiger partial charge in [0, 0.05) is 19.3 Å². The molecule has 0 amide bonds. The Kier molecular flexibility index (Phi) is 6.05. The lowest BCUT2D eigenvalue weighted by Crippen LogP contribution is -2.11. The number of hydrogen-bond acceptors (Lipinski definition) is 4. The number of nitriles is 1. The zero-order valence-electron chi connectivity index (χ0n) is 10.4. The molecule has 0 unspecified atom stereocenters. The topological polar surface area (TPSA) is 57.9 Å². The Morgan fingerprint density at radius 2 is 2.29 bits per heavy atom. The smallest absolute Gasteiger partial charge is 0.101 e. The minimum Gasteiger partial charge on any atom is -0.380 e. The fraction of sp³-hybridized carbons (Fsp3) is 0.538. The number of nitrogens with one attached hydrogen (secondary N) is 1. The van der Waals surface area contributed by atoms with Crippen molar-refractivity contribution in [1.82, 2.24) is 4.98 Å². The molecule has 92 valence electrons. The minimum atomic E-state index is 0.613. The van der Waals surface area contributed by atoms with Crippen LogP contribution >= 0.6 is 0 Å². The molecule has 0 aliphatic heterocycles. The number of pyridine rings is 1. The Bertz CT molecular complexity index is 371. The first-order valence-electron chi connectivity index (χ1n) is 5.89. The van der Waals surface area contributed by atoms with E-state index in [1.807, 2.05) is 0 Å². The highest BCUT2D eigenvalue weighted by Crippen LogP contribution is 2.10. The fourth-order valence-electron chi connectivity index (χ4n) is 1.31. The lowest BCUT2D eigenvalue weighted by atomic mass is 10.1. The van der Waals surface area contributed by atoms with E-state index in [9.17, 15) is 0 Å². The van der Waals surface area contributed by atoms with E-state index < -0.39 is 0 Å². The predicted molar refractivity (Wildman–Crippen MR) is 67.7 cm³/mol. The summed E-state index contributed by atoms with van der Waals surface area (Å²) in [5, 5.41) is 12.0. The summed E-state index contributed by atoms with van der Waals surface area (Å²) in [6.45, 7) is 6.48. The van der Waals surface area contributed by atoms with Crippen LogP contribution in [0.15, 0.2) is 18.5 Å². The maximum absolute atomic E-state index is 8.87. The maximum Gasteiger partial charge on any atom is 0.101 e. The van der Waals surface area contributed by atoms with Crippen LogP contribution in [0.3, 0.4) is 0 Å². The van der Waals surface area contributed by atoms with Crippen molar-refractivity contribution in [3.8, 4) is 6.07 Å². The van der Waals surface area contributed by atoms with Gasteiger partial charge in [-0.25, -0.2) is 0 Å². The molecule has 4 nitrogen and oxygen atoms in total. The summed E-state index contributed by atoms with van der Waals surface area (Å²) in [7, 11) is 0. The van der Waals surface area contributed by atoms with E-state index in [2.05, 4.69) is 30.2 Å². The van der Waals surface area contributed by atoms with Gasteiger partial charge in [0.2, 0.25) is 0 Å². The van der Waals surface area contributed by atoms with Gasteiger partial charge in [0.25, 0.3) is 0 Å². The van der Waals surface area contributed by atoms with E-state index in [0.29, 0.717) is 24.6 Å². The second-order valence-corrected chi connectivity index (χ2v) is 4.25. The Morgan fingerprint density at radius 1 is 1.47 bits per heavy atom. The number of nitrogens with zero attached hydrogens (tertiary/aromatic N) is 2. The Hall–Kier alpha value is -1.60. The number of anilines is 1. The summed E-state index contributed by atoms with van der Waals surface area (Å²) in [5.74, 6) is 0.673. The molecule has 0 saturated carbocycles. The molecule has 1 rings (SSSR count). The average Bonchev–Trinajstić information content (AvgIpc) is 2.33. The van der Waals surface area contributed by atoms with Crippen LogP contribution < -0.4 is 5.32 Å². The summed E-state index contributed by atoms with van der Waals surface area (Å²) in [4.78, 5) is 3.98. The maximum atomic E-state index is 8.87. The first-order valence-corrected chi connectivity index (χ1v) is 5.89. The monoisotopic (exact) mass is 233 g/mol. The van der Waals surface area contributed by atoms with Crippen molar-refractivity contribution >= 4 is 5.69 Å². The van der Waals surface area contributed by atoms with Crippen LogP contribution in [0.1, 0.15) is 25.8 Å². The quantitative estimate of drug-likeness (QED) is 0.735. The molecule has 1 heterocycles. The van der Waals surface area contributed by atoms with Crippen molar-refractivity contribution in [1.29, 1.82) is 5.26 Å². The highest BCUT2D eigenvalue weighted by atomic mass is 16.5. The zero-order valence-corrected chi connectivity index (χ0v) is 10.4. The molecule has 0 spiro atoms. The zero-order chi connectivity index (χ0) is 12.5. The second kappa shape index (κ2) is 7.64. The summed E-state index contributed by atoms with van der Waals surface area (Å²) >= 11 is 0. The number of hydrogen-bond donors (Lipinski definition) is 1. The van der Waals surface area contributed by atoms with Crippen LogP contribution in [0.5, 0.6) is 0 Å². The summed E-state index contributed by atoms with van der Waals surface area (Å²) in [5.41, 5.74) is 1.38. The summed E-state index contributed by atoms with van der Waals surface area (Å²) in [6, 6.07) is 3.82. The van der Waals surface area contributed by atoms with Crippen LogP contribution in [-0.2, 0) is 4.74 Å². The van der Waals surface area contributed by atoms with Crippen LogP contribution in [0, 0.1) is 17.2 Å². The molecule has 0 aliphatic carbocycles. The Morgan fingerprint density at radius 3 is 3.00 bits per heavy atom. The van der Waals surface area contributed by atoms with E-state index in [4.69, 9.17) is 10.00 Å². The number of ether oxygens (including phenoxy) is 1. The number of aromatic nitrogens is 1. The van der Waals surface area contributed by atoms with Gasteiger partial charge in [0.05, 0.1) is 24.1 Å². The van der Waals surface area contributed by atoms with Crippen LogP contribution in [-0.4, -0.2) is 24.7 Å². The highest BCUT2D eigenvalue weighted by molar-refractivity contribution is 5.55. The van der Waals surface area contributed by atoms with Crippen molar-refractivity contribution in [2.24, 2.45) is 5.92 Å². The van der Waals surface area contributed by atoms with Gasteiger partial charge in [-0.05, 0) is 18.4 Å². The van der Waals surface area contributed by atoms with Gasteiger partial charge in [-0.3, -0.25) is 4.98 Å². The molecule has 0 bridgehead atoms. The lowest BCUT2D eigenvalue weighted by molar-refractivity contribution is 0.132. The van der Waals surface area contributed by atoms with Gasteiger partial charge in [-0.1, -0.05) is 13.8 Å². The van der Waals surface area contributed by atoms with Crippen LogP contribution in [0.25, 0.3) is 0 Å². The third-order valence-electron chi connectivity index (χ3n) is 2.34. The normalized spacial score (nSPS) is 10.2. The molecule has 0 atom stereocenters. The van der Waals surface area contributed by atoms with Crippen molar-refractivity contribution in [3.05, 3.63) is 24.0 Å². The molecule has 0 saturated heterocycles. The van der Waals surface area contributed by atoms with E-state index >= 15 is 0 Å². The molecule has 4 heteroatoms. The standard InChI is InChI=1S/C13H19N3O/c1-11(2)4-7-17-8-6-16-13-10-15-5-3-12(13)9-14/h3,5,10-11,16H,4,6-8H2,1-2H3. The third-order valence-corrected chi connectivity index (χ3v) is 2.34. The van der Waals surface area contributed by atoms with Gasteiger partial charge < -0.3 is 10.1 Å². The molecule has 0 fully saturated rings. The largest absolute Gasteiger partial charge is 0.380 e. The SMILES string of the molecule is CC(C)CCOCCNc1cnccc1C#N. The van der Waals surface area contributed by atoms with Gasteiger partial charge in [0.1, 0.15) is 6.07 Å². The molecular formula is C13H19N3O. The molecule has 17 heavy (non-hydrogen) atoms. The van der Waals surface area contributed by atoms with Gasteiger partial charge in [0.15, 0.2) is 0 Å². The van der Waals surface area contributed by atoms with Gasteiger partial charge >= 0.3 is 0 Å².